The second kappa shape index (κ2) is 14.8. The molecule has 3 N–H and O–H groups in total. The van der Waals surface area contributed by atoms with Crippen molar-refractivity contribution in [3.63, 3.8) is 0 Å². The number of aromatic amines is 1. The predicted octanol–water partition coefficient (Wildman–Crippen LogP) is 6.34. The Hall–Kier alpha value is -2.14. The van der Waals surface area contributed by atoms with E-state index in [1.165, 1.54) is 44.9 Å². The quantitative estimate of drug-likeness (QED) is 0.221. The second-order valence-electron chi connectivity index (χ2n) is 8.17. The summed E-state index contributed by atoms with van der Waals surface area (Å²) >= 11 is 0. The lowest BCUT2D eigenvalue weighted by Gasteiger charge is -2.07. The number of nitrogens with zero attached hydrogens (tertiary/aromatic N) is 2. The van der Waals surface area contributed by atoms with Gasteiger partial charge in [0.25, 0.3) is 0 Å². The van der Waals surface area contributed by atoms with Crippen LogP contribution < -0.4 is 0 Å². The molecule has 1 aromatic carbocycles. The van der Waals surface area contributed by atoms with Crippen molar-refractivity contribution in [2.45, 2.75) is 96.5 Å². The van der Waals surface area contributed by atoms with Gasteiger partial charge in [-0.1, -0.05) is 64.0 Å². The van der Waals surface area contributed by atoms with Gasteiger partial charge in [-0.3, -0.25) is 5.10 Å². The third kappa shape index (κ3) is 10.1. The molecule has 0 unspecified atom stereocenters. The molecule has 1 heterocycles. The van der Waals surface area contributed by atoms with E-state index in [-0.39, 0.29) is 11.9 Å². The Morgan fingerprint density at radius 3 is 2.47 bits per heavy atom. The van der Waals surface area contributed by atoms with Crippen molar-refractivity contribution in [2.24, 2.45) is 0 Å². The molecule has 0 amide bonds. The maximum atomic E-state index is 9.95. The van der Waals surface area contributed by atoms with Crippen molar-refractivity contribution >= 4 is 0 Å². The summed E-state index contributed by atoms with van der Waals surface area (Å²) in [6, 6.07) is 6.95. The smallest absolute Gasteiger partial charge is 0.181 e. The Morgan fingerprint density at radius 1 is 0.933 bits per heavy atom. The van der Waals surface area contributed by atoms with Crippen molar-refractivity contribution in [1.82, 2.24) is 15.2 Å². The second-order valence-corrected chi connectivity index (χ2v) is 8.17. The third-order valence-corrected chi connectivity index (χ3v) is 5.41. The monoisotopic (exact) mass is 413 g/mol. The van der Waals surface area contributed by atoms with Crippen molar-refractivity contribution in [3.05, 3.63) is 42.2 Å². The van der Waals surface area contributed by atoms with Crippen molar-refractivity contribution in [2.75, 3.05) is 0 Å². The van der Waals surface area contributed by atoms with Gasteiger partial charge in [0.1, 0.15) is 11.6 Å². The molecule has 1 aromatic heterocycles. The number of phenolic OH excluding ortho intramolecular Hbond substituents is 1. The van der Waals surface area contributed by atoms with Gasteiger partial charge in [-0.2, -0.15) is 5.10 Å². The SMILES string of the molecule is CCCCCC[C@@H](O)C/C=C\CCCCCCCc1nc(-c2ccc(O)cc2)n[nH]1. The Balaban J connectivity index is 1.46. The Bertz CT molecular complexity index is 709. The summed E-state index contributed by atoms with van der Waals surface area (Å²) in [5.41, 5.74) is 0.910. The number of rotatable bonds is 16. The topological polar surface area (TPSA) is 82.0 Å². The van der Waals surface area contributed by atoms with E-state index in [0.29, 0.717) is 5.82 Å². The van der Waals surface area contributed by atoms with Gasteiger partial charge < -0.3 is 10.2 Å². The summed E-state index contributed by atoms with van der Waals surface area (Å²) in [5.74, 6) is 1.86. The molecule has 1 atom stereocenters. The van der Waals surface area contributed by atoms with E-state index in [4.69, 9.17) is 0 Å². The van der Waals surface area contributed by atoms with Gasteiger partial charge in [0, 0.05) is 12.0 Å². The van der Waals surface area contributed by atoms with Crippen LogP contribution in [0.2, 0.25) is 0 Å². The first-order chi connectivity index (χ1) is 14.7. The number of aromatic nitrogens is 3. The molecule has 2 rings (SSSR count). The van der Waals surface area contributed by atoms with Crippen LogP contribution in [0.25, 0.3) is 11.4 Å². The number of hydrogen-bond acceptors (Lipinski definition) is 4. The molecule has 5 heteroatoms. The zero-order chi connectivity index (χ0) is 21.4. The summed E-state index contributed by atoms with van der Waals surface area (Å²) in [4.78, 5) is 4.54. The molecule has 0 spiro atoms. The van der Waals surface area contributed by atoms with Crippen LogP contribution >= 0.6 is 0 Å². The van der Waals surface area contributed by atoms with Gasteiger partial charge in [-0.25, -0.2) is 4.98 Å². The Kier molecular flexibility index (Phi) is 11.9. The number of allylic oxidation sites excluding steroid dienone is 1. The van der Waals surface area contributed by atoms with Crippen LogP contribution in [0.5, 0.6) is 5.75 Å². The van der Waals surface area contributed by atoms with Crippen LogP contribution in [0.15, 0.2) is 36.4 Å². The van der Waals surface area contributed by atoms with E-state index in [9.17, 15) is 10.2 Å². The lowest BCUT2D eigenvalue weighted by molar-refractivity contribution is 0.163. The minimum atomic E-state index is -0.163. The van der Waals surface area contributed by atoms with E-state index in [0.717, 1.165) is 49.9 Å². The number of phenols is 1. The minimum Gasteiger partial charge on any atom is -0.508 e. The molecule has 0 saturated carbocycles. The van der Waals surface area contributed by atoms with Crippen molar-refractivity contribution in [3.8, 4) is 17.1 Å². The number of hydrogen-bond donors (Lipinski definition) is 3. The molecule has 0 aliphatic carbocycles. The van der Waals surface area contributed by atoms with Crippen LogP contribution in [-0.4, -0.2) is 31.5 Å². The molecular weight excluding hydrogens is 374 g/mol. The first-order valence-corrected chi connectivity index (χ1v) is 11.7. The molecule has 5 nitrogen and oxygen atoms in total. The van der Waals surface area contributed by atoms with Gasteiger partial charge in [0.15, 0.2) is 5.82 Å². The fourth-order valence-corrected chi connectivity index (χ4v) is 3.53. The van der Waals surface area contributed by atoms with Gasteiger partial charge >= 0.3 is 0 Å². The fraction of sp³-hybridized carbons (Fsp3) is 0.600. The van der Waals surface area contributed by atoms with Crippen molar-refractivity contribution < 1.29 is 10.2 Å². The zero-order valence-electron chi connectivity index (χ0n) is 18.5. The van der Waals surface area contributed by atoms with Crippen LogP contribution in [0, 0.1) is 0 Å². The first kappa shape index (κ1) is 24.1. The summed E-state index contributed by atoms with van der Waals surface area (Å²) in [6.07, 6.45) is 18.9. The molecule has 2 aromatic rings. The highest BCUT2D eigenvalue weighted by molar-refractivity contribution is 5.55. The molecule has 30 heavy (non-hydrogen) atoms. The van der Waals surface area contributed by atoms with Crippen LogP contribution in [0.3, 0.4) is 0 Å². The van der Waals surface area contributed by atoms with Gasteiger partial charge in [-0.15, -0.1) is 0 Å². The van der Waals surface area contributed by atoms with E-state index in [1.54, 1.807) is 12.1 Å². The first-order valence-electron chi connectivity index (χ1n) is 11.7. The molecule has 166 valence electrons. The third-order valence-electron chi connectivity index (χ3n) is 5.41. The average Bonchev–Trinajstić information content (AvgIpc) is 3.22. The number of aliphatic hydroxyl groups is 1. The van der Waals surface area contributed by atoms with Crippen molar-refractivity contribution in [1.29, 1.82) is 0 Å². The highest BCUT2D eigenvalue weighted by Gasteiger charge is 2.06. The number of nitrogens with one attached hydrogen (secondary N) is 1. The van der Waals surface area contributed by atoms with Gasteiger partial charge in [0.05, 0.1) is 6.10 Å². The Morgan fingerprint density at radius 2 is 1.67 bits per heavy atom. The van der Waals surface area contributed by atoms with Crippen LogP contribution in [0.1, 0.15) is 89.8 Å². The summed E-state index contributed by atoms with van der Waals surface area (Å²) in [6.45, 7) is 2.21. The summed E-state index contributed by atoms with van der Waals surface area (Å²) in [7, 11) is 0. The fourth-order valence-electron chi connectivity index (χ4n) is 3.53. The van der Waals surface area contributed by atoms with Gasteiger partial charge in [-0.05, 0) is 56.4 Å². The number of H-pyrrole nitrogens is 1. The van der Waals surface area contributed by atoms with Crippen LogP contribution in [-0.2, 0) is 6.42 Å². The number of aromatic hydroxyl groups is 1. The molecule has 0 saturated heterocycles. The maximum Gasteiger partial charge on any atom is 0.181 e. The van der Waals surface area contributed by atoms with E-state index in [2.05, 4.69) is 34.3 Å². The molecule has 0 bridgehead atoms. The lowest BCUT2D eigenvalue weighted by atomic mass is 10.1. The molecule has 0 aliphatic heterocycles. The molecule has 0 radical (unpaired) electrons. The number of aryl methyl sites for hydroxylation is 1. The Labute approximate surface area is 181 Å². The van der Waals surface area contributed by atoms with E-state index < -0.39 is 0 Å². The largest absolute Gasteiger partial charge is 0.508 e. The van der Waals surface area contributed by atoms with Gasteiger partial charge in [0.2, 0.25) is 0 Å². The van der Waals surface area contributed by atoms with E-state index in [1.807, 2.05) is 12.1 Å². The minimum absolute atomic E-state index is 0.163. The predicted molar refractivity (Wildman–Crippen MR) is 123 cm³/mol. The number of benzene rings is 1. The normalized spacial score (nSPS) is 12.6. The standard InChI is InChI=1S/C25H39N3O2/c1-2-3-4-11-14-22(29)15-12-9-7-5-6-8-10-13-16-24-26-25(28-27-24)21-17-19-23(30)20-18-21/h9,12,17-20,22,29-30H,2-8,10-11,13-16H2,1H3,(H,26,27,28)/b12-9-/t22-/m1/s1. The summed E-state index contributed by atoms with van der Waals surface area (Å²) in [5, 5.41) is 26.6. The van der Waals surface area contributed by atoms with Crippen LogP contribution in [0.4, 0.5) is 0 Å². The number of aliphatic hydroxyl groups excluding tert-OH is 1. The average molecular weight is 414 g/mol. The van der Waals surface area contributed by atoms with E-state index >= 15 is 0 Å². The molecule has 0 aliphatic rings. The highest BCUT2D eigenvalue weighted by Crippen LogP contribution is 2.18. The zero-order valence-corrected chi connectivity index (χ0v) is 18.5. The summed E-state index contributed by atoms with van der Waals surface area (Å²) < 4.78 is 0. The highest BCUT2D eigenvalue weighted by atomic mass is 16.3. The molecular formula is C25H39N3O2. The maximum absolute atomic E-state index is 9.95. The lowest BCUT2D eigenvalue weighted by Crippen LogP contribution is -2.04. The number of unbranched alkanes of at least 4 members (excludes halogenated alkanes) is 8. The molecule has 0 fully saturated rings.